The van der Waals surface area contributed by atoms with E-state index in [0.29, 0.717) is 0 Å². The zero-order chi connectivity index (χ0) is 63.2. The van der Waals surface area contributed by atoms with Crippen molar-refractivity contribution in [2.45, 2.75) is 114 Å². The van der Waals surface area contributed by atoms with Gasteiger partial charge in [0.25, 0.3) is 16.7 Å². The minimum Gasteiger partial charge on any atom is -0.382 e. The third-order valence-electron chi connectivity index (χ3n) is 13.0. The molecule has 0 spiro atoms. The fourth-order valence-electron chi connectivity index (χ4n) is 8.74. The van der Waals surface area contributed by atoms with E-state index >= 15 is 0 Å². The summed E-state index contributed by atoms with van der Waals surface area (Å²) in [6.45, 7) is 9.19. The van der Waals surface area contributed by atoms with Crippen molar-refractivity contribution in [3.63, 3.8) is 0 Å². The predicted octanol–water partition coefficient (Wildman–Crippen LogP) is -1.56. The topological polar surface area (TPSA) is 465 Å². The minimum atomic E-state index is -4.96. The van der Waals surface area contributed by atoms with Crippen LogP contribution in [0.5, 0.6) is 0 Å². The summed E-state index contributed by atoms with van der Waals surface area (Å²) in [5.74, 6) is 0. The van der Waals surface area contributed by atoms with Crippen LogP contribution < -0.4 is 33.7 Å². The maximum Gasteiger partial charge on any atom is 0.391 e. The molecule has 3 aliphatic rings. The van der Waals surface area contributed by atoms with Crippen LogP contribution >= 0.6 is 35.0 Å². The van der Waals surface area contributed by atoms with Gasteiger partial charge in [0.1, 0.15) is 41.2 Å². The normalized spacial score (nSPS) is 25.2. The highest BCUT2D eigenvalue weighted by atomic mass is 32.1. The highest BCUT2D eigenvalue weighted by molar-refractivity contribution is 7.97. The molecule has 0 aliphatic carbocycles. The second-order valence-corrected chi connectivity index (χ2v) is 24.5. The minimum absolute atomic E-state index is 0.108. The summed E-state index contributed by atoms with van der Waals surface area (Å²) in [6, 6.07) is 0. The van der Waals surface area contributed by atoms with E-state index in [4.69, 9.17) is 78.8 Å². The monoisotopic (exact) mass is 1280 g/mol. The standard InChI is InChI=1S/C16H25N2O9P.C15H23N2O10P.C15H23N2O9PS/c1-9-8-18(16(20)17-14(9)19)15-13(26-6-5-24-3)12(25-4)11(27-15)7-10(2)28(21,22)23;1-8-7-17(15(20)16-13(8)19)14-12(26-5-4-24-2)11(25-3)9(27-14)6-10(18)28(21,22)23;1-8-7-17(15(19)16-13(8)18)14-12(25-5-4-23-2)11(24-3)9(26-14)6-10(28)27(20,21)22/h8,11-13,15H,2,5-7H2,1,3-4H3,(H,17,19,20)(H2,21,22,23);7,9,11-12,14H,4-6H2,1-3H3,(H,16,19,20)(H2,21,22,23);7,9,11-12,14H,4-6H2,1-3H3,(H,16,18,19)(H2,20,21,22)/t11-,12-,13-,15-;2*9-,11-,12-,14-/m111/s1. The fourth-order valence-corrected chi connectivity index (χ4v) is 10.2. The summed E-state index contributed by atoms with van der Waals surface area (Å²) in [4.78, 5) is 145. The van der Waals surface area contributed by atoms with E-state index in [1.807, 2.05) is 0 Å². The third-order valence-corrected chi connectivity index (χ3v) is 16.5. The van der Waals surface area contributed by atoms with Crippen LogP contribution in [0.25, 0.3) is 0 Å². The Labute approximate surface area is 482 Å². The molecule has 0 radical (unpaired) electrons. The Kier molecular flexibility index (Phi) is 27.4. The smallest absolute Gasteiger partial charge is 0.382 e. The van der Waals surface area contributed by atoms with Crippen LogP contribution in [0.1, 0.15) is 54.6 Å². The number of hydrogen-bond donors (Lipinski definition) is 9. The van der Waals surface area contributed by atoms with Gasteiger partial charge in [-0.25, -0.2) is 14.4 Å². The molecule has 0 amide bonds. The Morgan fingerprint density at radius 1 is 0.500 bits per heavy atom. The average molecular weight is 1280 g/mol. The summed E-state index contributed by atoms with van der Waals surface area (Å²) >= 11 is 4.82. The number of ether oxygens (including phenoxy) is 12. The molecule has 0 saturated carbocycles. The van der Waals surface area contributed by atoms with Crippen LogP contribution in [0.15, 0.2) is 59.3 Å². The molecule has 9 N–H and O–H groups in total. The first-order valence-electron chi connectivity index (χ1n) is 25.0. The molecule has 474 valence electrons. The molecule has 0 unspecified atom stereocenters. The largest absolute Gasteiger partial charge is 0.391 e. The van der Waals surface area contributed by atoms with E-state index in [9.17, 15) is 66.8 Å². The van der Waals surface area contributed by atoms with Gasteiger partial charge in [-0.3, -0.25) is 61.5 Å². The van der Waals surface area contributed by atoms with Crippen LogP contribution in [0, 0.1) is 20.8 Å². The lowest BCUT2D eigenvalue weighted by Crippen LogP contribution is -2.41. The van der Waals surface area contributed by atoms with Crippen LogP contribution in [0.2, 0.25) is 0 Å². The summed E-state index contributed by atoms with van der Waals surface area (Å²) in [6.07, 6.45) is -7.97. The number of aromatic amines is 3. The molecule has 0 bridgehead atoms. The first-order chi connectivity index (χ1) is 39.3. The summed E-state index contributed by atoms with van der Waals surface area (Å²) in [7, 11) is -5.49. The number of rotatable bonds is 27. The lowest BCUT2D eigenvalue weighted by Gasteiger charge is -2.24. The number of methoxy groups -OCH3 is 6. The van der Waals surface area contributed by atoms with E-state index in [2.05, 4.69) is 21.5 Å². The molecule has 3 fully saturated rings. The Morgan fingerprint density at radius 3 is 1.06 bits per heavy atom. The lowest BCUT2D eigenvalue weighted by atomic mass is 10.1. The first kappa shape index (κ1) is 72.0. The zero-order valence-corrected chi connectivity index (χ0v) is 50.5. The maximum atomic E-state index is 12.3. The van der Waals surface area contributed by atoms with Gasteiger partial charge >= 0.3 is 39.9 Å². The van der Waals surface area contributed by atoms with Crippen molar-refractivity contribution in [1.82, 2.24) is 28.7 Å². The van der Waals surface area contributed by atoms with Gasteiger partial charge in [0.05, 0.1) is 58.0 Å². The highest BCUT2D eigenvalue weighted by Gasteiger charge is 2.51. The first-order valence-corrected chi connectivity index (χ1v) is 30.3. The van der Waals surface area contributed by atoms with Gasteiger partial charge < -0.3 is 86.2 Å². The van der Waals surface area contributed by atoms with Crippen LogP contribution in [0.4, 0.5) is 0 Å². The molecular weight excluding hydrogens is 1210 g/mol. The van der Waals surface area contributed by atoms with Gasteiger partial charge in [0.15, 0.2) is 18.7 Å². The molecule has 3 aromatic rings. The van der Waals surface area contributed by atoms with Crippen molar-refractivity contribution in [1.29, 1.82) is 0 Å². The molecule has 38 heteroatoms. The second kappa shape index (κ2) is 31.9. The Morgan fingerprint density at radius 2 is 0.798 bits per heavy atom. The summed E-state index contributed by atoms with van der Waals surface area (Å²) in [5, 5.41) is -0.319. The van der Waals surface area contributed by atoms with Gasteiger partial charge in [-0.05, 0) is 20.8 Å². The Hall–Kier alpha value is -4.49. The molecule has 6 heterocycles. The Bertz CT molecular complexity index is 2920. The number of thiocarbonyl (C=S) groups is 1. The number of carbonyl (C=O) groups excluding carboxylic acids is 1. The van der Waals surface area contributed by atoms with Crippen LogP contribution in [-0.4, -0.2) is 205 Å². The molecule has 6 rings (SSSR count). The molecule has 3 aliphatic heterocycles. The number of H-pyrrole nitrogens is 3. The number of aromatic nitrogens is 6. The van der Waals surface area contributed by atoms with Crippen molar-refractivity contribution in [3.05, 3.63) is 110 Å². The van der Waals surface area contributed by atoms with Gasteiger partial charge in [0, 0.05) is 103 Å². The predicted molar refractivity (Wildman–Crippen MR) is 294 cm³/mol. The third kappa shape index (κ3) is 19.0. The van der Waals surface area contributed by atoms with Gasteiger partial charge in [-0.15, -0.1) is 0 Å². The van der Waals surface area contributed by atoms with E-state index in [1.165, 1.54) is 86.6 Å². The van der Waals surface area contributed by atoms with Crippen molar-refractivity contribution in [2.24, 2.45) is 0 Å². The second-order valence-electron chi connectivity index (χ2n) is 18.8. The van der Waals surface area contributed by atoms with E-state index in [-0.39, 0.29) is 74.5 Å². The van der Waals surface area contributed by atoms with E-state index < -0.39 is 147 Å². The quantitative estimate of drug-likeness (QED) is 0.0237. The molecular formula is C46H71N6O28P3S. The molecule has 84 heavy (non-hydrogen) atoms. The number of hydrogen-bond acceptors (Lipinski definition) is 23. The molecule has 3 saturated heterocycles. The summed E-state index contributed by atoms with van der Waals surface area (Å²) < 4.78 is 103. The highest BCUT2D eigenvalue weighted by Crippen LogP contribution is 2.49. The number of nitrogens with one attached hydrogen (secondary N) is 3. The molecule has 0 aromatic carbocycles. The molecule has 3 aromatic heterocycles. The average Bonchev–Trinajstić information content (AvgIpc) is 3.63. The van der Waals surface area contributed by atoms with Crippen molar-refractivity contribution >= 4 is 45.1 Å². The van der Waals surface area contributed by atoms with Gasteiger partial charge in [-0.2, -0.15) is 0 Å². The fraction of sp³-hybridized carbons (Fsp3) is 0.652. The lowest BCUT2D eigenvalue weighted by molar-refractivity contribution is -0.118. The SMILES string of the molecule is C=C(C[C@H]1O[C@@H](n2cc(C)c(=O)[nH]c2=O)[C@H](OCCOC)[C@@H]1OC)P(=O)(O)O.COCCO[C@@H]1[C@H](OC)[C@@H](CC(=O)P(=O)(O)O)O[C@H]1n1cc(C)c(=O)[nH]c1=O.COCCO[C@@H]1[C@H](OC)[C@@H](CC(=S)P(=O)(O)O)O[C@H]1n1cc(C)c(=O)[nH]c1=O. The molecule has 12 atom stereocenters. The van der Waals surface area contributed by atoms with E-state index in [1.54, 1.807) is 0 Å². The van der Waals surface area contributed by atoms with Crippen molar-refractivity contribution in [3.8, 4) is 0 Å². The maximum absolute atomic E-state index is 12.3. The number of carbonyl (C=O) groups is 1. The van der Waals surface area contributed by atoms with Gasteiger partial charge in [-0.1, -0.05) is 18.8 Å². The van der Waals surface area contributed by atoms with Gasteiger partial charge in [0.2, 0.25) is 5.52 Å². The number of nitrogens with zero attached hydrogens (tertiary/aromatic N) is 3. The van der Waals surface area contributed by atoms with Crippen LogP contribution in [0.3, 0.4) is 0 Å². The van der Waals surface area contributed by atoms with Crippen molar-refractivity contribution in [2.75, 3.05) is 82.3 Å². The van der Waals surface area contributed by atoms with Crippen LogP contribution in [-0.2, 0) is 75.3 Å². The Balaban J connectivity index is 0.000000270. The van der Waals surface area contributed by atoms with Crippen molar-refractivity contribution < 1.29 is 105 Å². The zero-order valence-electron chi connectivity index (χ0n) is 47.0. The molecule has 34 nitrogen and oxygen atoms in total. The number of aryl methyl sites for hydroxylation is 3. The van der Waals surface area contributed by atoms with E-state index in [0.717, 1.165) is 9.13 Å². The summed E-state index contributed by atoms with van der Waals surface area (Å²) in [5.41, 5.74) is -4.31.